The molecule has 1 aromatic rings. The smallest absolute Gasteiger partial charge is 0.263 e. The lowest BCUT2D eigenvalue weighted by Gasteiger charge is -2.23. The third kappa shape index (κ3) is 3.26. The molecule has 17 heavy (non-hydrogen) atoms. The van der Waals surface area contributed by atoms with Crippen molar-refractivity contribution in [1.82, 2.24) is 0 Å². The lowest BCUT2D eigenvalue weighted by Crippen LogP contribution is -2.25. The second-order valence-corrected chi connectivity index (χ2v) is 5.81. The van der Waals surface area contributed by atoms with Crippen LogP contribution in [0.3, 0.4) is 0 Å². The van der Waals surface area contributed by atoms with Crippen LogP contribution >= 0.6 is 0 Å². The van der Waals surface area contributed by atoms with Crippen LogP contribution in [0.5, 0.6) is 0 Å². The van der Waals surface area contributed by atoms with E-state index in [1.54, 1.807) is 18.2 Å². The molecular formula is C12H15FO3S. The summed E-state index contributed by atoms with van der Waals surface area (Å²) in [5, 5.41) is 0. The zero-order valence-electron chi connectivity index (χ0n) is 9.38. The fraction of sp³-hybridized carbons (Fsp3) is 0.500. The fourth-order valence-electron chi connectivity index (χ4n) is 1.94. The van der Waals surface area contributed by atoms with Crippen LogP contribution in [0.2, 0.25) is 0 Å². The van der Waals surface area contributed by atoms with Crippen molar-refractivity contribution in [2.45, 2.75) is 42.9 Å². The number of halogens is 1. The molecule has 0 radical (unpaired) electrons. The molecule has 0 bridgehead atoms. The molecule has 0 unspecified atom stereocenters. The first-order valence-electron chi connectivity index (χ1n) is 5.70. The largest absolute Gasteiger partial charge is 0.297 e. The van der Waals surface area contributed by atoms with Crippen LogP contribution < -0.4 is 0 Å². The summed E-state index contributed by atoms with van der Waals surface area (Å²) >= 11 is 0. The van der Waals surface area contributed by atoms with Crippen molar-refractivity contribution in [2.75, 3.05) is 0 Å². The Kier molecular flexibility index (Phi) is 3.79. The molecule has 0 saturated heterocycles. The van der Waals surface area contributed by atoms with E-state index in [1.807, 2.05) is 0 Å². The van der Waals surface area contributed by atoms with Crippen LogP contribution in [0.1, 0.15) is 25.7 Å². The molecule has 0 N–H and O–H groups in total. The van der Waals surface area contributed by atoms with E-state index in [-0.39, 0.29) is 11.0 Å². The summed E-state index contributed by atoms with van der Waals surface area (Å²) in [6, 6.07) is 8.03. The van der Waals surface area contributed by atoms with Crippen LogP contribution in [-0.2, 0) is 14.3 Å². The second-order valence-electron chi connectivity index (χ2n) is 4.24. The first-order chi connectivity index (χ1) is 8.08. The molecule has 2 rings (SSSR count). The minimum atomic E-state index is -3.70. The maximum absolute atomic E-state index is 12.9. The predicted molar refractivity (Wildman–Crippen MR) is 61.9 cm³/mol. The topological polar surface area (TPSA) is 43.4 Å². The molecule has 1 fully saturated rings. The Labute approximate surface area is 101 Å². The molecule has 1 aliphatic rings. The van der Waals surface area contributed by atoms with Crippen molar-refractivity contribution in [1.29, 1.82) is 0 Å². The molecular weight excluding hydrogens is 243 g/mol. The Morgan fingerprint density at radius 3 is 2.24 bits per heavy atom. The zero-order chi connectivity index (χ0) is 12.3. The third-order valence-electron chi connectivity index (χ3n) is 2.90. The molecule has 0 spiro atoms. The Balaban J connectivity index is 2.03. The summed E-state index contributed by atoms with van der Waals surface area (Å²) < 4.78 is 41.8. The zero-order valence-corrected chi connectivity index (χ0v) is 10.2. The number of hydrogen-bond donors (Lipinski definition) is 0. The molecule has 1 aromatic carbocycles. The van der Waals surface area contributed by atoms with E-state index in [1.165, 1.54) is 12.1 Å². The summed E-state index contributed by atoms with van der Waals surface area (Å²) in [5.41, 5.74) is 0. The number of benzene rings is 1. The molecule has 0 aromatic heterocycles. The summed E-state index contributed by atoms with van der Waals surface area (Å²) in [5.74, 6) is 0. The molecule has 0 amide bonds. The van der Waals surface area contributed by atoms with E-state index in [9.17, 15) is 12.8 Å². The summed E-state index contributed by atoms with van der Waals surface area (Å²) in [4.78, 5) is 0.155. The monoisotopic (exact) mass is 258 g/mol. The van der Waals surface area contributed by atoms with Crippen LogP contribution in [0, 0.1) is 0 Å². The molecule has 3 nitrogen and oxygen atoms in total. The van der Waals surface area contributed by atoms with E-state index in [0.717, 1.165) is 0 Å². The minimum absolute atomic E-state index is 0.155. The van der Waals surface area contributed by atoms with E-state index >= 15 is 0 Å². The highest BCUT2D eigenvalue weighted by molar-refractivity contribution is 7.86. The van der Waals surface area contributed by atoms with Crippen molar-refractivity contribution in [3.8, 4) is 0 Å². The SMILES string of the molecule is O=S(=O)(OC1CCC(F)CC1)c1ccccc1. The van der Waals surface area contributed by atoms with Gasteiger partial charge < -0.3 is 0 Å². The van der Waals surface area contributed by atoms with Crippen LogP contribution in [0.25, 0.3) is 0 Å². The number of hydrogen-bond acceptors (Lipinski definition) is 3. The summed E-state index contributed by atoms with van der Waals surface area (Å²) in [6.07, 6.45) is 0.506. The van der Waals surface area contributed by atoms with Gasteiger partial charge in [0.1, 0.15) is 6.17 Å². The van der Waals surface area contributed by atoms with Gasteiger partial charge in [-0.3, -0.25) is 4.18 Å². The lowest BCUT2D eigenvalue weighted by atomic mass is 9.96. The molecule has 1 saturated carbocycles. The Morgan fingerprint density at radius 1 is 1.06 bits per heavy atom. The predicted octanol–water partition coefficient (Wildman–Crippen LogP) is 2.67. The lowest BCUT2D eigenvalue weighted by molar-refractivity contribution is 0.119. The minimum Gasteiger partial charge on any atom is -0.263 e. The second kappa shape index (κ2) is 5.14. The van der Waals surface area contributed by atoms with E-state index in [2.05, 4.69) is 0 Å². The van der Waals surface area contributed by atoms with Gasteiger partial charge in [0, 0.05) is 0 Å². The normalized spacial score (nSPS) is 25.7. The van der Waals surface area contributed by atoms with Crippen molar-refractivity contribution in [2.24, 2.45) is 0 Å². The van der Waals surface area contributed by atoms with Crippen LogP contribution in [0.4, 0.5) is 4.39 Å². The first kappa shape index (κ1) is 12.5. The molecule has 0 heterocycles. The standard InChI is InChI=1S/C12H15FO3S/c13-10-6-8-11(9-7-10)16-17(14,15)12-4-2-1-3-5-12/h1-5,10-11H,6-9H2. The van der Waals surface area contributed by atoms with Gasteiger partial charge in [-0.15, -0.1) is 0 Å². The van der Waals surface area contributed by atoms with Gasteiger partial charge in [0.2, 0.25) is 0 Å². The van der Waals surface area contributed by atoms with Crippen molar-refractivity contribution >= 4 is 10.1 Å². The van der Waals surface area contributed by atoms with Gasteiger partial charge in [-0.2, -0.15) is 8.42 Å². The number of alkyl halides is 1. The van der Waals surface area contributed by atoms with Crippen molar-refractivity contribution < 1.29 is 17.0 Å². The van der Waals surface area contributed by atoms with E-state index in [0.29, 0.717) is 25.7 Å². The Hall–Kier alpha value is -0.940. The molecule has 0 aliphatic heterocycles. The third-order valence-corrected chi connectivity index (χ3v) is 4.27. The van der Waals surface area contributed by atoms with Gasteiger partial charge in [-0.1, -0.05) is 18.2 Å². The van der Waals surface area contributed by atoms with Gasteiger partial charge in [0.05, 0.1) is 11.0 Å². The highest BCUT2D eigenvalue weighted by atomic mass is 32.2. The van der Waals surface area contributed by atoms with Gasteiger partial charge in [0.15, 0.2) is 0 Å². The summed E-state index contributed by atoms with van der Waals surface area (Å²) in [7, 11) is -3.70. The first-order valence-corrected chi connectivity index (χ1v) is 7.11. The van der Waals surface area contributed by atoms with Gasteiger partial charge in [0.25, 0.3) is 10.1 Å². The molecule has 1 aliphatic carbocycles. The molecule has 5 heteroatoms. The van der Waals surface area contributed by atoms with Crippen LogP contribution in [0.15, 0.2) is 35.2 Å². The fourth-order valence-corrected chi connectivity index (χ4v) is 3.09. The number of rotatable bonds is 3. The maximum Gasteiger partial charge on any atom is 0.297 e. The highest BCUT2D eigenvalue weighted by Gasteiger charge is 2.26. The van der Waals surface area contributed by atoms with Crippen LogP contribution in [-0.4, -0.2) is 20.7 Å². The van der Waals surface area contributed by atoms with Gasteiger partial charge >= 0.3 is 0 Å². The van der Waals surface area contributed by atoms with Crippen molar-refractivity contribution in [3.05, 3.63) is 30.3 Å². The van der Waals surface area contributed by atoms with Gasteiger partial charge in [-0.25, -0.2) is 4.39 Å². The molecule has 94 valence electrons. The highest BCUT2D eigenvalue weighted by Crippen LogP contribution is 2.26. The quantitative estimate of drug-likeness (QED) is 0.783. The average molecular weight is 258 g/mol. The average Bonchev–Trinajstić information content (AvgIpc) is 2.33. The Bertz CT molecular complexity index is 450. The summed E-state index contributed by atoms with van der Waals surface area (Å²) in [6.45, 7) is 0. The van der Waals surface area contributed by atoms with E-state index < -0.39 is 16.3 Å². The maximum atomic E-state index is 12.9. The van der Waals surface area contributed by atoms with E-state index in [4.69, 9.17) is 4.18 Å². The van der Waals surface area contributed by atoms with Gasteiger partial charge in [-0.05, 0) is 37.8 Å². The Morgan fingerprint density at radius 2 is 1.65 bits per heavy atom. The molecule has 0 atom stereocenters. The van der Waals surface area contributed by atoms with Crippen molar-refractivity contribution in [3.63, 3.8) is 0 Å².